The van der Waals surface area contributed by atoms with E-state index in [-0.39, 0.29) is 24.2 Å². The van der Waals surface area contributed by atoms with Crippen molar-refractivity contribution in [2.75, 3.05) is 19.0 Å². The SMILES string of the molecule is CC(C)S(=O)(=O)CCOc1ccc(C#CCCO)cc1. The number of benzene rings is 1. The molecule has 0 unspecified atom stereocenters. The van der Waals surface area contributed by atoms with Crippen LogP contribution in [0.4, 0.5) is 0 Å². The predicted octanol–water partition coefficient (Wildman–Crippen LogP) is 1.62. The third-order valence-electron chi connectivity index (χ3n) is 2.68. The lowest BCUT2D eigenvalue weighted by atomic mass is 10.2. The first-order valence-electron chi connectivity index (χ1n) is 6.50. The number of ether oxygens (including phenoxy) is 1. The summed E-state index contributed by atoms with van der Waals surface area (Å²) in [6, 6.07) is 7.11. The van der Waals surface area contributed by atoms with E-state index in [1.54, 1.807) is 38.1 Å². The van der Waals surface area contributed by atoms with Crippen LogP contribution in [0.25, 0.3) is 0 Å². The van der Waals surface area contributed by atoms with E-state index in [4.69, 9.17) is 9.84 Å². The van der Waals surface area contributed by atoms with Crippen LogP contribution in [-0.4, -0.2) is 37.7 Å². The quantitative estimate of drug-likeness (QED) is 0.810. The molecule has 4 nitrogen and oxygen atoms in total. The molecule has 1 N–H and O–H groups in total. The van der Waals surface area contributed by atoms with Crippen molar-refractivity contribution in [3.8, 4) is 17.6 Å². The first kappa shape index (κ1) is 16.5. The number of rotatable bonds is 6. The predicted molar refractivity (Wildman–Crippen MR) is 79.4 cm³/mol. The largest absolute Gasteiger partial charge is 0.493 e. The summed E-state index contributed by atoms with van der Waals surface area (Å²) >= 11 is 0. The highest BCUT2D eigenvalue weighted by Crippen LogP contribution is 2.12. The Bertz CT molecular complexity index is 562. The van der Waals surface area contributed by atoms with Gasteiger partial charge in [-0.1, -0.05) is 11.8 Å². The van der Waals surface area contributed by atoms with Crippen molar-refractivity contribution >= 4 is 9.84 Å². The second-order valence-corrected chi connectivity index (χ2v) is 7.24. The molecule has 0 fully saturated rings. The van der Waals surface area contributed by atoms with Gasteiger partial charge in [-0.05, 0) is 38.1 Å². The zero-order chi connectivity index (χ0) is 15.0. The van der Waals surface area contributed by atoms with E-state index in [2.05, 4.69) is 11.8 Å². The molecule has 0 aliphatic carbocycles. The Hall–Kier alpha value is -1.51. The summed E-state index contributed by atoms with van der Waals surface area (Å²) in [7, 11) is -3.06. The van der Waals surface area contributed by atoms with Crippen LogP contribution in [0, 0.1) is 11.8 Å². The lowest BCUT2D eigenvalue weighted by Crippen LogP contribution is -2.21. The molecule has 0 radical (unpaired) electrons. The van der Waals surface area contributed by atoms with Crippen molar-refractivity contribution < 1.29 is 18.3 Å². The zero-order valence-electron chi connectivity index (χ0n) is 11.8. The molecule has 0 saturated heterocycles. The van der Waals surface area contributed by atoms with E-state index in [0.717, 1.165) is 5.56 Å². The molecule has 0 heterocycles. The number of aliphatic hydroxyl groups is 1. The highest BCUT2D eigenvalue weighted by molar-refractivity contribution is 7.91. The molecule has 0 bridgehead atoms. The summed E-state index contributed by atoms with van der Waals surface area (Å²) in [5.74, 6) is 6.37. The van der Waals surface area contributed by atoms with Gasteiger partial charge in [0.05, 0.1) is 17.6 Å². The summed E-state index contributed by atoms with van der Waals surface area (Å²) < 4.78 is 28.6. The maximum absolute atomic E-state index is 11.6. The summed E-state index contributed by atoms with van der Waals surface area (Å²) in [4.78, 5) is 0. The minimum Gasteiger partial charge on any atom is -0.493 e. The Kier molecular flexibility index (Phi) is 6.56. The molecule has 0 saturated carbocycles. The van der Waals surface area contributed by atoms with Gasteiger partial charge in [0.25, 0.3) is 0 Å². The van der Waals surface area contributed by atoms with Crippen LogP contribution in [0.5, 0.6) is 5.75 Å². The highest BCUT2D eigenvalue weighted by Gasteiger charge is 2.15. The molecule has 5 heteroatoms. The van der Waals surface area contributed by atoms with Crippen LogP contribution in [0.1, 0.15) is 25.8 Å². The fourth-order valence-electron chi connectivity index (χ4n) is 1.37. The van der Waals surface area contributed by atoms with E-state index in [9.17, 15) is 8.42 Å². The molecule has 1 aromatic carbocycles. The third kappa shape index (κ3) is 5.64. The third-order valence-corrected chi connectivity index (χ3v) is 4.85. The first-order valence-corrected chi connectivity index (χ1v) is 8.21. The molecule has 0 atom stereocenters. The van der Waals surface area contributed by atoms with Gasteiger partial charge in [0.15, 0.2) is 9.84 Å². The molecule has 0 aromatic heterocycles. The first-order chi connectivity index (χ1) is 9.45. The highest BCUT2D eigenvalue weighted by atomic mass is 32.2. The second-order valence-electron chi connectivity index (χ2n) is 4.56. The summed E-state index contributed by atoms with van der Waals surface area (Å²) in [6.07, 6.45) is 0.450. The average Bonchev–Trinajstić information content (AvgIpc) is 2.40. The fraction of sp³-hybridized carbons (Fsp3) is 0.467. The maximum Gasteiger partial charge on any atom is 0.155 e. The van der Waals surface area contributed by atoms with Gasteiger partial charge in [-0.3, -0.25) is 0 Å². The second kappa shape index (κ2) is 7.93. The van der Waals surface area contributed by atoms with Crippen LogP contribution in [-0.2, 0) is 9.84 Å². The Morgan fingerprint density at radius 3 is 2.45 bits per heavy atom. The van der Waals surface area contributed by atoms with Crippen molar-refractivity contribution in [1.82, 2.24) is 0 Å². The van der Waals surface area contributed by atoms with Crippen LogP contribution in [0.15, 0.2) is 24.3 Å². The molecule has 0 aliphatic heterocycles. The lowest BCUT2D eigenvalue weighted by Gasteiger charge is -2.09. The Balaban J connectivity index is 2.49. The van der Waals surface area contributed by atoms with Crippen LogP contribution in [0.2, 0.25) is 0 Å². The van der Waals surface area contributed by atoms with E-state index in [1.807, 2.05) is 0 Å². The molecule has 110 valence electrons. The zero-order valence-corrected chi connectivity index (χ0v) is 12.6. The van der Waals surface area contributed by atoms with Crippen molar-refractivity contribution in [1.29, 1.82) is 0 Å². The molecule has 0 spiro atoms. The summed E-state index contributed by atoms with van der Waals surface area (Å²) in [5.41, 5.74) is 0.834. The molecular weight excluding hydrogens is 276 g/mol. The van der Waals surface area contributed by atoms with Gasteiger partial charge < -0.3 is 9.84 Å². The Labute approximate surface area is 120 Å². The minimum absolute atomic E-state index is 0.0166. The van der Waals surface area contributed by atoms with Gasteiger partial charge in [0, 0.05) is 12.0 Å². The Morgan fingerprint density at radius 2 is 1.90 bits per heavy atom. The van der Waals surface area contributed by atoms with Gasteiger partial charge in [0.1, 0.15) is 12.4 Å². The monoisotopic (exact) mass is 296 g/mol. The van der Waals surface area contributed by atoms with E-state index in [0.29, 0.717) is 12.2 Å². The minimum atomic E-state index is -3.06. The van der Waals surface area contributed by atoms with Gasteiger partial charge >= 0.3 is 0 Å². The molecule has 0 aliphatic rings. The van der Waals surface area contributed by atoms with Gasteiger partial charge in [-0.15, -0.1) is 0 Å². The van der Waals surface area contributed by atoms with Gasteiger partial charge in [0.2, 0.25) is 0 Å². The number of aliphatic hydroxyl groups excluding tert-OH is 1. The summed E-state index contributed by atoms with van der Waals surface area (Å²) in [5, 5.41) is 8.24. The van der Waals surface area contributed by atoms with Gasteiger partial charge in [-0.2, -0.15) is 0 Å². The van der Waals surface area contributed by atoms with Gasteiger partial charge in [-0.25, -0.2) is 8.42 Å². The van der Waals surface area contributed by atoms with Crippen molar-refractivity contribution in [3.05, 3.63) is 29.8 Å². The van der Waals surface area contributed by atoms with Crippen molar-refractivity contribution in [2.45, 2.75) is 25.5 Å². The van der Waals surface area contributed by atoms with E-state index in [1.165, 1.54) is 0 Å². The topological polar surface area (TPSA) is 63.6 Å². The standard InChI is InChI=1S/C15H20O4S/c1-13(2)20(17,18)12-11-19-15-8-6-14(7-9-15)5-3-4-10-16/h6-9,13,16H,4,10-12H2,1-2H3. The lowest BCUT2D eigenvalue weighted by molar-refractivity contribution is 0.305. The average molecular weight is 296 g/mol. The molecule has 0 amide bonds. The van der Waals surface area contributed by atoms with E-state index < -0.39 is 9.84 Å². The normalized spacial score (nSPS) is 11.0. The van der Waals surface area contributed by atoms with Crippen LogP contribution in [0.3, 0.4) is 0 Å². The molecular formula is C15H20O4S. The smallest absolute Gasteiger partial charge is 0.155 e. The molecule has 1 rings (SSSR count). The van der Waals surface area contributed by atoms with E-state index >= 15 is 0 Å². The summed E-state index contributed by atoms with van der Waals surface area (Å²) in [6.45, 7) is 3.53. The fourth-order valence-corrected chi connectivity index (χ4v) is 2.15. The van der Waals surface area contributed by atoms with Crippen LogP contribution >= 0.6 is 0 Å². The Morgan fingerprint density at radius 1 is 1.25 bits per heavy atom. The maximum atomic E-state index is 11.6. The molecule has 20 heavy (non-hydrogen) atoms. The van der Waals surface area contributed by atoms with Crippen molar-refractivity contribution in [3.63, 3.8) is 0 Å². The number of hydrogen-bond acceptors (Lipinski definition) is 4. The van der Waals surface area contributed by atoms with Crippen LogP contribution < -0.4 is 4.74 Å². The number of hydrogen-bond donors (Lipinski definition) is 1. The number of sulfone groups is 1. The van der Waals surface area contributed by atoms with Crippen molar-refractivity contribution in [2.24, 2.45) is 0 Å². The molecule has 1 aromatic rings.